The molecule has 1 unspecified atom stereocenters. The molecule has 1 atom stereocenters. The molecule has 0 aromatic heterocycles. The van der Waals surface area contributed by atoms with E-state index in [0.717, 1.165) is 16.7 Å². The van der Waals surface area contributed by atoms with Gasteiger partial charge in [-0.1, -0.05) is 49.1 Å². The van der Waals surface area contributed by atoms with Crippen LogP contribution in [0.3, 0.4) is 0 Å². The molecule has 2 rings (SSSR count). The maximum Gasteiger partial charge on any atom is 0.338 e. The van der Waals surface area contributed by atoms with Crippen molar-refractivity contribution in [3.8, 4) is 16.9 Å². The first kappa shape index (κ1) is 29.9. The topological polar surface area (TPSA) is 71.1 Å². The molecule has 0 saturated carbocycles. The van der Waals surface area contributed by atoms with Gasteiger partial charge in [-0.2, -0.15) is 0 Å². The van der Waals surface area contributed by atoms with E-state index in [1.165, 1.54) is 19.1 Å². The smallest absolute Gasteiger partial charge is 0.338 e. The summed E-state index contributed by atoms with van der Waals surface area (Å²) in [4.78, 5) is 23.9. The molecule has 37 heavy (non-hydrogen) atoms. The summed E-state index contributed by atoms with van der Waals surface area (Å²) in [6, 6.07) is 12.1. The van der Waals surface area contributed by atoms with Crippen LogP contribution < -0.4 is 4.74 Å². The molecule has 0 heterocycles. The first-order valence-corrected chi connectivity index (χ1v) is 12.1. The Morgan fingerprint density at radius 1 is 0.946 bits per heavy atom. The lowest BCUT2D eigenvalue weighted by molar-refractivity contribution is -0.155. The number of hydrogen-bond donors (Lipinski definition) is 0. The van der Waals surface area contributed by atoms with E-state index in [-0.39, 0.29) is 36.6 Å². The summed E-state index contributed by atoms with van der Waals surface area (Å²) >= 11 is 0. The second-order valence-electron chi connectivity index (χ2n) is 10.2. The van der Waals surface area contributed by atoms with Gasteiger partial charge in [0, 0.05) is 11.5 Å². The van der Waals surface area contributed by atoms with Crippen molar-refractivity contribution in [3.05, 3.63) is 78.1 Å². The third kappa shape index (κ3) is 10.3. The fourth-order valence-corrected chi connectivity index (χ4v) is 3.18. The van der Waals surface area contributed by atoms with Crippen molar-refractivity contribution in [2.75, 3.05) is 26.6 Å². The fraction of sp³-hybridized carbons (Fsp3) is 0.400. The predicted octanol–water partition coefficient (Wildman–Crippen LogP) is 6.29. The summed E-state index contributed by atoms with van der Waals surface area (Å²) in [5, 5.41) is 0. The maximum atomic E-state index is 14.5. The van der Waals surface area contributed by atoms with Gasteiger partial charge in [-0.05, 0) is 69.9 Å². The van der Waals surface area contributed by atoms with E-state index in [0.29, 0.717) is 25.2 Å². The number of carbonyl (C=O) groups is 2. The van der Waals surface area contributed by atoms with Crippen LogP contribution in [0.15, 0.2) is 66.8 Å². The van der Waals surface area contributed by atoms with Crippen molar-refractivity contribution < 1.29 is 32.9 Å². The Kier molecular flexibility index (Phi) is 11.2. The molecule has 0 fully saturated rings. The average Bonchev–Trinajstić information content (AvgIpc) is 2.82. The molecular weight excluding hydrogens is 475 g/mol. The van der Waals surface area contributed by atoms with Crippen LogP contribution in [0, 0.1) is 17.2 Å². The molecule has 0 spiro atoms. The molecule has 6 nitrogen and oxygen atoms in total. The minimum absolute atomic E-state index is 0.0784. The van der Waals surface area contributed by atoms with E-state index >= 15 is 0 Å². The summed E-state index contributed by atoms with van der Waals surface area (Å²) in [5.74, 6) is -1.81. The molecule has 200 valence electrons. The largest absolute Gasteiger partial charge is 0.465 e. The standard InChI is InChI=1S/C30H37FO6/c1-20(2)16-34-19-35-17-23(18-36-29(33)30(5,6)7)14-22-8-10-24(11-9-22)25-12-13-27(26(31)15-25)37-28(32)21(3)4/h8-13,15,23H,1,3,14,16-19H2,2,4-7H3. The van der Waals surface area contributed by atoms with Crippen molar-refractivity contribution >= 4 is 11.9 Å². The van der Waals surface area contributed by atoms with Crippen LogP contribution >= 0.6 is 0 Å². The third-order valence-electron chi connectivity index (χ3n) is 5.23. The highest BCUT2D eigenvalue weighted by atomic mass is 19.1. The van der Waals surface area contributed by atoms with E-state index in [1.807, 2.05) is 52.0 Å². The monoisotopic (exact) mass is 512 g/mol. The van der Waals surface area contributed by atoms with E-state index in [4.69, 9.17) is 18.9 Å². The zero-order chi connectivity index (χ0) is 27.6. The lowest BCUT2D eigenvalue weighted by Crippen LogP contribution is -2.28. The zero-order valence-electron chi connectivity index (χ0n) is 22.4. The van der Waals surface area contributed by atoms with E-state index in [2.05, 4.69) is 13.2 Å². The van der Waals surface area contributed by atoms with E-state index in [9.17, 15) is 14.0 Å². The molecule has 0 radical (unpaired) electrons. The Balaban J connectivity index is 2.06. The van der Waals surface area contributed by atoms with Gasteiger partial charge >= 0.3 is 11.9 Å². The molecule has 2 aromatic rings. The predicted molar refractivity (Wildman–Crippen MR) is 141 cm³/mol. The Bertz CT molecular complexity index is 1100. The van der Waals surface area contributed by atoms with Gasteiger partial charge in [0.1, 0.15) is 6.79 Å². The second-order valence-corrected chi connectivity index (χ2v) is 10.2. The number of benzene rings is 2. The van der Waals surface area contributed by atoms with Crippen LogP contribution in [-0.4, -0.2) is 38.6 Å². The Morgan fingerprint density at radius 3 is 2.16 bits per heavy atom. The molecule has 7 heteroatoms. The van der Waals surface area contributed by atoms with Gasteiger partial charge in [0.2, 0.25) is 0 Å². The highest BCUT2D eigenvalue weighted by Gasteiger charge is 2.24. The van der Waals surface area contributed by atoms with Crippen molar-refractivity contribution in [2.45, 2.75) is 41.0 Å². The summed E-state index contributed by atoms with van der Waals surface area (Å²) < 4.78 is 36.1. The summed E-state index contributed by atoms with van der Waals surface area (Å²) in [6.45, 7) is 17.2. The van der Waals surface area contributed by atoms with Crippen LogP contribution in [0.5, 0.6) is 5.75 Å². The molecule has 0 N–H and O–H groups in total. The lowest BCUT2D eigenvalue weighted by atomic mass is 9.96. The first-order chi connectivity index (χ1) is 17.4. The highest BCUT2D eigenvalue weighted by molar-refractivity contribution is 5.88. The van der Waals surface area contributed by atoms with E-state index in [1.54, 1.807) is 6.07 Å². The molecule has 0 aliphatic rings. The number of hydrogen-bond acceptors (Lipinski definition) is 6. The van der Waals surface area contributed by atoms with Crippen LogP contribution in [0.25, 0.3) is 11.1 Å². The molecule has 0 bridgehead atoms. The number of halogens is 1. The first-order valence-electron chi connectivity index (χ1n) is 12.1. The van der Waals surface area contributed by atoms with Gasteiger partial charge in [-0.15, -0.1) is 0 Å². The summed E-state index contributed by atoms with van der Waals surface area (Å²) in [7, 11) is 0. The van der Waals surface area contributed by atoms with Crippen LogP contribution in [0.4, 0.5) is 4.39 Å². The zero-order valence-corrected chi connectivity index (χ0v) is 22.4. The van der Waals surface area contributed by atoms with Crippen molar-refractivity contribution in [1.29, 1.82) is 0 Å². The minimum Gasteiger partial charge on any atom is -0.465 e. The third-order valence-corrected chi connectivity index (χ3v) is 5.23. The summed E-state index contributed by atoms with van der Waals surface area (Å²) in [6.07, 6.45) is 0.613. The molecule has 0 saturated heterocycles. The van der Waals surface area contributed by atoms with Gasteiger partial charge < -0.3 is 18.9 Å². The van der Waals surface area contributed by atoms with Gasteiger partial charge in [0.05, 0.1) is 25.2 Å². The van der Waals surface area contributed by atoms with Crippen molar-refractivity contribution in [3.63, 3.8) is 0 Å². The van der Waals surface area contributed by atoms with Gasteiger partial charge in [0.15, 0.2) is 11.6 Å². The summed E-state index contributed by atoms with van der Waals surface area (Å²) in [5.41, 5.74) is 2.97. The number of rotatable bonds is 13. The maximum absolute atomic E-state index is 14.5. The Hall–Kier alpha value is -3.29. The highest BCUT2D eigenvalue weighted by Crippen LogP contribution is 2.27. The number of carbonyl (C=O) groups excluding carboxylic acids is 2. The molecule has 0 amide bonds. The number of esters is 2. The quantitative estimate of drug-likeness (QED) is 0.0785. The van der Waals surface area contributed by atoms with Gasteiger partial charge in [0.25, 0.3) is 0 Å². The Morgan fingerprint density at radius 2 is 1.59 bits per heavy atom. The van der Waals surface area contributed by atoms with E-state index < -0.39 is 17.2 Å². The lowest BCUT2D eigenvalue weighted by Gasteiger charge is -2.21. The Labute approximate surface area is 219 Å². The van der Waals surface area contributed by atoms with Crippen LogP contribution in [0.1, 0.15) is 40.2 Å². The molecular formula is C30H37FO6. The minimum atomic E-state index is -0.676. The van der Waals surface area contributed by atoms with Crippen molar-refractivity contribution in [1.82, 2.24) is 0 Å². The van der Waals surface area contributed by atoms with Crippen LogP contribution in [-0.2, 0) is 30.2 Å². The SMILES string of the molecule is C=C(C)COCOCC(COC(=O)C(C)(C)C)Cc1ccc(-c2ccc(OC(=O)C(=C)C)c(F)c2)cc1. The second kappa shape index (κ2) is 13.9. The number of ether oxygens (including phenoxy) is 4. The van der Waals surface area contributed by atoms with Crippen LogP contribution in [0.2, 0.25) is 0 Å². The normalized spacial score (nSPS) is 12.1. The van der Waals surface area contributed by atoms with Crippen molar-refractivity contribution in [2.24, 2.45) is 11.3 Å². The molecule has 0 aliphatic heterocycles. The fourth-order valence-electron chi connectivity index (χ4n) is 3.18. The van der Waals surface area contributed by atoms with Gasteiger partial charge in [-0.3, -0.25) is 4.79 Å². The molecule has 2 aromatic carbocycles. The average molecular weight is 513 g/mol. The van der Waals surface area contributed by atoms with Gasteiger partial charge in [-0.25, -0.2) is 9.18 Å². The molecule has 0 aliphatic carbocycles.